The van der Waals surface area contributed by atoms with Gasteiger partial charge in [-0.3, -0.25) is 14.3 Å². The maximum atomic E-state index is 12.6. The van der Waals surface area contributed by atoms with Crippen LogP contribution >= 0.6 is 11.8 Å². The molecule has 6 nitrogen and oxygen atoms in total. The number of H-pyrrole nitrogens is 1. The van der Waals surface area contributed by atoms with Crippen molar-refractivity contribution in [1.82, 2.24) is 19.1 Å². The minimum atomic E-state index is -0.455. The Morgan fingerprint density at radius 2 is 1.79 bits per heavy atom. The molecule has 0 radical (unpaired) electrons. The van der Waals surface area contributed by atoms with Crippen molar-refractivity contribution in [3.05, 3.63) is 92.1 Å². The highest BCUT2D eigenvalue weighted by Gasteiger charge is 2.18. The van der Waals surface area contributed by atoms with Gasteiger partial charge in [0.1, 0.15) is 0 Å². The molecule has 4 aromatic rings. The molecule has 0 aliphatic carbocycles. The predicted molar refractivity (Wildman–Crippen MR) is 117 cm³/mol. The summed E-state index contributed by atoms with van der Waals surface area (Å²) in [4.78, 5) is 31.7. The van der Waals surface area contributed by atoms with E-state index >= 15 is 0 Å². The van der Waals surface area contributed by atoms with Gasteiger partial charge in [0.25, 0.3) is 5.56 Å². The van der Waals surface area contributed by atoms with Gasteiger partial charge in [-0.2, -0.15) is 0 Å². The molecule has 0 aliphatic rings. The third-order valence-corrected chi connectivity index (χ3v) is 5.84. The summed E-state index contributed by atoms with van der Waals surface area (Å²) in [5, 5.41) is 0.740. The lowest BCUT2D eigenvalue weighted by Crippen LogP contribution is -2.29. The molecule has 0 saturated heterocycles. The second-order valence-electron chi connectivity index (χ2n) is 7.04. The minimum absolute atomic E-state index is 0.404. The number of hydrogen-bond donors (Lipinski definition) is 1. The van der Waals surface area contributed by atoms with Crippen LogP contribution in [0.15, 0.2) is 69.3 Å². The van der Waals surface area contributed by atoms with Crippen molar-refractivity contribution >= 4 is 22.9 Å². The first-order chi connectivity index (χ1) is 14.0. The van der Waals surface area contributed by atoms with E-state index in [9.17, 15) is 9.59 Å². The summed E-state index contributed by atoms with van der Waals surface area (Å²) < 4.78 is 3.31. The summed E-state index contributed by atoms with van der Waals surface area (Å²) in [6.07, 6.45) is 0.897. The number of benzene rings is 2. The minimum Gasteiger partial charge on any atom is -0.309 e. The second-order valence-corrected chi connectivity index (χ2v) is 8.11. The van der Waals surface area contributed by atoms with Crippen LogP contribution in [0, 0.1) is 6.92 Å². The highest BCUT2D eigenvalue weighted by Crippen LogP contribution is 2.24. The van der Waals surface area contributed by atoms with E-state index in [-0.39, 0.29) is 0 Å². The Balaban J connectivity index is 1.73. The highest BCUT2D eigenvalue weighted by atomic mass is 32.2. The van der Waals surface area contributed by atoms with E-state index in [2.05, 4.69) is 28.2 Å². The van der Waals surface area contributed by atoms with Crippen LogP contribution in [0.5, 0.6) is 0 Å². The van der Waals surface area contributed by atoms with Crippen molar-refractivity contribution in [1.29, 1.82) is 0 Å². The molecular formula is C22H22N4O2S. The van der Waals surface area contributed by atoms with Crippen LogP contribution < -0.4 is 11.2 Å². The maximum absolute atomic E-state index is 12.6. The Labute approximate surface area is 172 Å². The number of hydrogen-bond acceptors (Lipinski definition) is 4. The summed E-state index contributed by atoms with van der Waals surface area (Å²) >= 11 is 1.60. The standard InChI is InChI=1S/C22H22N4O2S/c1-15-7-6-10-17(13-15)14-26-18-19(25(2)21(28)24-20(18)27)23-22(26)29-12-11-16-8-4-3-5-9-16/h3-10,13H,11-12,14H2,1-2H3,(H,24,27,28). The zero-order valence-electron chi connectivity index (χ0n) is 16.4. The van der Waals surface area contributed by atoms with Gasteiger partial charge in [0.2, 0.25) is 0 Å². The van der Waals surface area contributed by atoms with E-state index in [1.54, 1.807) is 18.8 Å². The molecule has 29 heavy (non-hydrogen) atoms. The van der Waals surface area contributed by atoms with Crippen LogP contribution in [-0.4, -0.2) is 24.9 Å². The van der Waals surface area contributed by atoms with Crippen molar-refractivity contribution in [2.75, 3.05) is 5.75 Å². The van der Waals surface area contributed by atoms with Crippen molar-refractivity contribution in [2.24, 2.45) is 7.05 Å². The third-order valence-electron chi connectivity index (χ3n) is 4.86. The second kappa shape index (κ2) is 8.13. The normalized spacial score (nSPS) is 11.2. The van der Waals surface area contributed by atoms with Crippen LogP contribution in [0.4, 0.5) is 0 Å². The fraction of sp³-hybridized carbons (Fsp3) is 0.227. The Bertz CT molecular complexity index is 1270. The molecule has 4 rings (SSSR count). The van der Waals surface area contributed by atoms with Gasteiger partial charge in [0.05, 0.1) is 6.54 Å². The summed E-state index contributed by atoms with van der Waals surface area (Å²) in [5.41, 5.74) is 3.48. The van der Waals surface area contributed by atoms with Gasteiger partial charge < -0.3 is 4.57 Å². The van der Waals surface area contributed by atoms with Crippen molar-refractivity contribution in [3.8, 4) is 0 Å². The summed E-state index contributed by atoms with van der Waals surface area (Å²) in [7, 11) is 1.63. The lowest BCUT2D eigenvalue weighted by atomic mass is 10.1. The molecule has 2 aromatic carbocycles. The zero-order valence-corrected chi connectivity index (χ0v) is 17.2. The average molecular weight is 407 g/mol. The largest absolute Gasteiger partial charge is 0.329 e. The molecule has 0 unspecified atom stereocenters. The molecule has 1 N–H and O–H groups in total. The lowest BCUT2D eigenvalue weighted by molar-refractivity contribution is 0.727. The van der Waals surface area contributed by atoms with Crippen molar-refractivity contribution in [3.63, 3.8) is 0 Å². The number of imidazole rings is 1. The van der Waals surface area contributed by atoms with Gasteiger partial charge in [-0.15, -0.1) is 0 Å². The SMILES string of the molecule is Cc1cccc(Cn2c(SCCc3ccccc3)nc3c2c(=O)[nH]c(=O)n3C)c1. The van der Waals surface area contributed by atoms with E-state index in [0.717, 1.165) is 28.5 Å². The fourth-order valence-electron chi connectivity index (χ4n) is 3.37. The first-order valence-corrected chi connectivity index (χ1v) is 10.4. The average Bonchev–Trinajstić information content (AvgIpc) is 3.06. The van der Waals surface area contributed by atoms with E-state index in [0.29, 0.717) is 17.7 Å². The van der Waals surface area contributed by atoms with E-state index in [4.69, 9.17) is 0 Å². The summed E-state index contributed by atoms with van der Waals surface area (Å²) in [5.74, 6) is 0.826. The number of rotatable bonds is 6. The first-order valence-electron chi connectivity index (χ1n) is 9.45. The molecule has 7 heteroatoms. The zero-order chi connectivity index (χ0) is 20.4. The molecule has 0 aliphatic heterocycles. The number of aromatic amines is 1. The van der Waals surface area contributed by atoms with Gasteiger partial charge in [-0.1, -0.05) is 71.9 Å². The fourth-order valence-corrected chi connectivity index (χ4v) is 4.35. The Morgan fingerprint density at radius 1 is 1.03 bits per heavy atom. The number of nitrogens with zero attached hydrogens (tertiary/aromatic N) is 3. The first kappa shape index (κ1) is 19.3. The molecular weight excluding hydrogens is 384 g/mol. The Hall–Kier alpha value is -3.06. The topological polar surface area (TPSA) is 72.7 Å². The molecule has 0 bridgehead atoms. The van der Waals surface area contributed by atoms with Crippen LogP contribution in [0.1, 0.15) is 16.7 Å². The van der Waals surface area contributed by atoms with E-state index < -0.39 is 11.2 Å². The molecule has 0 amide bonds. The van der Waals surface area contributed by atoms with Gasteiger partial charge >= 0.3 is 5.69 Å². The van der Waals surface area contributed by atoms with E-state index in [1.807, 2.05) is 47.9 Å². The summed E-state index contributed by atoms with van der Waals surface area (Å²) in [6.45, 7) is 2.56. The number of thioether (sulfide) groups is 1. The molecule has 2 heterocycles. The lowest BCUT2D eigenvalue weighted by Gasteiger charge is -2.09. The molecule has 148 valence electrons. The van der Waals surface area contributed by atoms with Crippen LogP contribution in [0.3, 0.4) is 0 Å². The van der Waals surface area contributed by atoms with Crippen LogP contribution in [0.25, 0.3) is 11.2 Å². The maximum Gasteiger partial charge on any atom is 0.329 e. The van der Waals surface area contributed by atoms with Crippen LogP contribution in [0.2, 0.25) is 0 Å². The number of nitrogens with one attached hydrogen (secondary N) is 1. The number of aryl methyl sites for hydroxylation is 3. The van der Waals surface area contributed by atoms with Gasteiger partial charge in [-0.05, 0) is 24.5 Å². The monoisotopic (exact) mass is 406 g/mol. The van der Waals surface area contributed by atoms with E-state index in [1.165, 1.54) is 10.1 Å². The quantitative estimate of drug-likeness (QED) is 0.500. The predicted octanol–water partition coefficient (Wildman–Crippen LogP) is 3.11. The van der Waals surface area contributed by atoms with Crippen molar-refractivity contribution in [2.45, 2.75) is 25.0 Å². The van der Waals surface area contributed by atoms with Gasteiger partial charge in [0.15, 0.2) is 16.3 Å². The van der Waals surface area contributed by atoms with Gasteiger partial charge in [-0.25, -0.2) is 9.78 Å². The molecule has 0 atom stereocenters. The molecule has 2 aromatic heterocycles. The van der Waals surface area contributed by atoms with Gasteiger partial charge in [0, 0.05) is 12.8 Å². The molecule has 0 saturated carbocycles. The van der Waals surface area contributed by atoms with Crippen molar-refractivity contribution < 1.29 is 0 Å². The summed E-state index contributed by atoms with van der Waals surface area (Å²) in [6, 6.07) is 18.5. The highest BCUT2D eigenvalue weighted by molar-refractivity contribution is 7.99. The third kappa shape index (κ3) is 4.05. The molecule has 0 spiro atoms. The smallest absolute Gasteiger partial charge is 0.309 e. The number of fused-ring (bicyclic) bond motifs is 1. The number of aromatic nitrogens is 4. The van der Waals surface area contributed by atoms with Crippen LogP contribution in [-0.2, 0) is 20.0 Å². The Morgan fingerprint density at radius 3 is 2.55 bits per heavy atom. The Kier molecular flexibility index (Phi) is 5.40. The molecule has 0 fully saturated rings.